The van der Waals surface area contributed by atoms with E-state index < -0.39 is 0 Å². The summed E-state index contributed by atoms with van der Waals surface area (Å²) in [5, 5.41) is 2.89. The number of carbonyl (C=O) groups is 1. The van der Waals surface area contributed by atoms with Gasteiger partial charge in [-0.15, -0.1) is 11.6 Å². The smallest absolute Gasteiger partial charge is 0.255 e. The zero-order valence-electron chi connectivity index (χ0n) is 12.6. The Morgan fingerprint density at radius 3 is 2.33 bits per heavy atom. The maximum atomic E-state index is 12.2. The molecule has 110 valence electrons. The number of hydrogen-bond donors (Lipinski definition) is 1. The van der Waals surface area contributed by atoms with Crippen LogP contribution in [0.4, 0.5) is 5.69 Å². The van der Waals surface area contributed by atoms with Crippen molar-refractivity contribution < 1.29 is 4.79 Å². The zero-order valence-corrected chi connectivity index (χ0v) is 13.4. The molecule has 0 saturated heterocycles. The van der Waals surface area contributed by atoms with Crippen LogP contribution in [0.15, 0.2) is 48.5 Å². The van der Waals surface area contributed by atoms with Crippen LogP contribution in [-0.4, -0.2) is 5.91 Å². The van der Waals surface area contributed by atoms with Gasteiger partial charge in [0.25, 0.3) is 5.91 Å². The molecular formula is C18H20ClNO. The Balaban J connectivity index is 2.13. The molecule has 0 bridgehead atoms. The molecule has 0 aromatic heterocycles. The summed E-state index contributed by atoms with van der Waals surface area (Å²) >= 11 is 5.80. The van der Waals surface area contributed by atoms with Gasteiger partial charge in [-0.3, -0.25) is 4.79 Å². The first-order valence-corrected chi connectivity index (χ1v) is 7.50. The Kier molecular flexibility index (Phi) is 4.69. The van der Waals surface area contributed by atoms with Gasteiger partial charge in [0.05, 0.1) is 0 Å². The third-order valence-electron chi connectivity index (χ3n) is 3.35. The third kappa shape index (κ3) is 4.08. The maximum Gasteiger partial charge on any atom is 0.255 e. The molecule has 0 saturated carbocycles. The van der Waals surface area contributed by atoms with Crippen LogP contribution in [0.2, 0.25) is 0 Å². The molecule has 0 unspecified atom stereocenters. The summed E-state index contributed by atoms with van der Waals surface area (Å²) in [7, 11) is 0. The Hall–Kier alpha value is -1.80. The van der Waals surface area contributed by atoms with E-state index in [9.17, 15) is 4.79 Å². The minimum Gasteiger partial charge on any atom is -0.322 e. The number of anilines is 1. The van der Waals surface area contributed by atoms with Crippen molar-refractivity contribution in [3.05, 3.63) is 65.2 Å². The molecule has 2 rings (SSSR count). The summed E-state index contributed by atoms with van der Waals surface area (Å²) < 4.78 is 0. The van der Waals surface area contributed by atoms with Gasteiger partial charge in [-0.2, -0.15) is 0 Å². The molecule has 0 radical (unpaired) electrons. The van der Waals surface area contributed by atoms with Crippen LogP contribution in [0.5, 0.6) is 0 Å². The summed E-state index contributed by atoms with van der Waals surface area (Å²) in [5.41, 5.74) is 3.70. The predicted octanol–water partition coefficient (Wildman–Crippen LogP) is 4.98. The maximum absolute atomic E-state index is 12.2. The van der Waals surface area contributed by atoms with Gasteiger partial charge in [0.15, 0.2) is 0 Å². The number of carbonyl (C=O) groups excluding carboxylic acids is 1. The lowest BCUT2D eigenvalue weighted by atomic mass is 9.87. The standard InChI is InChI=1S/C18H20ClNO/c1-18(2,3)15-9-7-14(8-10-15)17(21)20-16-6-4-5-13(11-16)12-19/h4-11H,12H2,1-3H3,(H,20,21). The molecule has 0 heterocycles. The molecule has 0 aliphatic heterocycles. The van der Waals surface area contributed by atoms with E-state index in [-0.39, 0.29) is 11.3 Å². The highest BCUT2D eigenvalue weighted by atomic mass is 35.5. The van der Waals surface area contributed by atoms with Crippen molar-refractivity contribution in [3.63, 3.8) is 0 Å². The summed E-state index contributed by atoms with van der Waals surface area (Å²) in [6.45, 7) is 6.46. The number of halogens is 1. The fourth-order valence-electron chi connectivity index (χ4n) is 2.06. The van der Waals surface area contributed by atoms with E-state index >= 15 is 0 Å². The monoisotopic (exact) mass is 301 g/mol. The molecule has 1 N–H and O–H groups in total. The van der Waals surface area contributed by atoms with Crippen molar-refractivity contribution in [2.45, 2.75) is 32.1 Å². The lowest BCUT2D eigenvalue weighted by Crippen LogP contribution is -2.14. The summed E-state index contributed by atoms with van der Waals surface area (Å²) in [5.74, 6) is 0.325. The highest BCUT2D eigenvalue weighted by molar-refractivity contribution is 6.17. The quantitative estimate of drug-likeness (QED) is 0.796. The van der Waals surface area contributed by atoms with Gasteiger partial charge >= 0.3 is 0 Å². The second-order valence-electron chi connectivity index (χ2n) is 6.12. The van der Waals surface area contributed by atoms with Crippen molar-refractivity contribution in [1.29, 1.82) is 0 Å². The van der Waals surface area contributed by atoms with E-state index in [2.05, 4.69) is 26.1 Å². The lowest BCUT2D eigenvalue weighted by Gasteiger charge is -2.19. The van der Waals surface area contributed by atoms with Crippen molar-refractivity contribution in [1.82, 2.24) is 0 Å². The number of alkyl halides is 1. The minimum absolute atomic E-state index is 0.0870. The van der Waals surface area contributed by atoms with Crippen molar-refractivity contribution in [3.8, 4) is 0 Å². The molecule has 2 nitrogen and oxygen atoms in total. The molecule has 0 aliphatic rings. The number of rotatable bonds is 3. The van der Waals surface area contributed by atoms with Gasteiger partial charge in [-0.05, 0) is 40.8 Å². The Morgan fingerprint density at radius 2 is 1.76 bits per heavy atom. The van der Waals surface area contributed by atoms with Crippen LogP contribution in [0.25, 0.3) is 0 Å². The Morgan fingerprint density at radius 1 is 1.10 bits per heavy atom. The molecule has 0 atom stereocenters. The number of nitrogens with one attached hydrogen (secondary N) is 1. The second-order valence-corrected chi connectivity index (χ2v) is 6.38. The molecular weight excluding hydrogens is 282 g/mol. The van der Waals surface area contributed by atoms with Gasteiger partial charge in [0.1, 0.15) is 0 Å². The fraction of sp³-hybridized carbons (Fsp3) is 0.278. The number of amides is 1. The van der Waals surface area contributed by atoms with Crippen LogP contribution in [-0.2, 0) is 11.3 Å². The van der Waals surface area contributed by atoms with E-state index in [4.69, 9.17) is 11.6 Å². The molecule has 2 aromatic carbocycles. The SMILES string of the molecule is CC(C)(C)c1ccc(C(=O)Nc2cccc(CCl)c2)cc1. The van der Waals surface area contributed by atoms with Crippen LogP contribution < -0.4 is 5.32 Å². The van der Waals surface area contributed by atoms with Gasteiger partial charge in [-0.1, -0.05) is 45.0 Å². The zero-order chi connectivity index (χ0) is 15.5. The van der Waals surface area contributed by atoms with Gasteiger partial charge in [0, 0.05) is 17.1 Å². The first kappa shape index (κ1) is 15.6. The largest absolute Gasteiger partial charge is 0.322 e. The summed E-state index contributed by atoms with van der Waals surface area (Å²) in [4.78, 5) is 12.2. The molecule has 1 amide bonds. The van der Waals surface area contributed by atoms with Crippen molar-refractivity contribution in [2.24, 2.45) is 0 Å². The van der Waals surface area contributed by atoms with Gasteiger partial charge < -0.3 is 5.32 Å². The molecule has 0 aliphatic carbocycles. The average Bonchev–Trinajstić information content (AvgIpc) is 2.46. The molecule has 2 aromatic rings. The highest BCUT2D eigenvalue weighted by Gasteiger charge is 2.14. The predicted molar refractivity (Wildman–Crippen MR) is 89.1 cm³/mol. The van der Waals surface area contributed by atoms with Gasteiger partial charge in [0.2, 0.25) is 0 Å². The third-order valence-corrected chi connectivity index (χ3v) is 3.66. The number of benzene rings is 2. The summed E-state index contributed by atoms with van der Waals surface area (Å²) in [6, 6.07) is 15.3. The number of hydrogen-bond acceptors (Lipinski definition) is 1. The summed E-state index contributed by atoms with van der Waals surface area (Å²) in [6.07, 6.45) is 0. The van der Waals surface area contributed by atoms with Crippen molar-refractivity contribution >= 4 is 23.2 Å². The van der Waals surface area contributed by atoms with Crippen LogP contribution in [0.1, 0.15) is 42.3 Å². The lowest BCUT2D eigenvalue weighted by molar-refractivity contribution is 0.102. The van der Waals surface area contributed by atoms with Gasteiger partial charge in [-0.25, -0.2) is 0 Å². The Bertz CT molecular complexity index is 626. The molecule has 0 fully saturated rings. The van der Waals surface area contributed by atoms with E-state index in [0.717, 1.165) is 11.3 Å². The normalized spacial score (nSPS) is 11.2. The average molecular weight is 302 g/mol. The van der Waals surface area contributed by atoms with Crippen molar-refractivity contribution in [2.75, 3.05) is 5.32 Å². The van der Waals surface area contributed by atoms with E-state index in [1.54, 1.807) is 0 Å². The van der Waals surface area contributed by atoms with Crippen LogP contribution >= 0.6 is 11.6 Å². The van der Waals surface area contributed by atoms with E-state index in [1.807, 2.05) is 48.5 Å². The first-order valence-electron chi connectivity index (χ1n) is 6.97. The molecule has 3 heteroatoms. The minimum atomic E-state index is -0.109. The first-order chi connectivity index (χ1) is 9.90. The fourth-order valence-corrected chi connectivity index (χ4v) is 2.22. The van der Waals surface area contributed by atoms with E-state index in [1.165, 1.54) is 5.56 Å². The second kappa shape index (κ2) is 6.31. The van der Waals surface area contributed by atoms with Crippen LogP contribution in [0.3, 0.4) is 0 Å². The topological polar surface area (TPSA) is 29.1 Å². The Labute approximate surface area is 131 Å². The highest BCUT2D eigenvalue weighted by Crippen LogP contribution is 2.22. The molecule has 21 heavy (non-hydrogen) atoms. The van der Waals surface area contributed by atoms with Crippen LogP contribution in [0, 0.1) is 0 Å². The molecule has 0 spiro atoms. The van der Waals surface area contributed by atoms with E-state index in [0.29, 0.717) is 11.4 Å².